The zero-order valence-electron chi connectivity index (χ0n) is 12.9. The number of amides is 1. The predicted molar refractivity (Wildman–Crippen MR) is 75.2 cm³/mol. The maximum Gasteiger partial charge on any atom is 0.410 e. The number of carbonyl (C=O) groups excluding carboxylic acids is 1. The third-order valence-electron chi connectivity index (χ3n) is 2.85. The smallest absolute Gasteiger partial charge is 0.410 e. The number of aliphatic hydroxyl groups is 1. The van der Waals surface area contributed by atoms with Crippen molar-refractivity contribution >= 4 is 6.09 Å². The van der Waals surface area contributed by atoms with Crippen LogP contribution in [-0.4, -0.2) is 64.9 Å². The molecule has 112 valence electrons. The van der Waals surface area contributed by atoms with Crippen molar-refractivity contribution in [2.75, 3.05) is 32.7 Å². The van der Waals surface area contributed by atoms with E-state index in [1.807, 2.05) is 34.6 Å². The molecular weight excluding hydrogens is 244 g/mol. The minimum atomic E-state index is -0.693. The molecule has 1 aliphatic heterocycles. The second-order valence-corrected chi connectivity index (χ2v) is 6.91. The summed E-state index contributed by atoms with van der Waals surface area (Å²) in [5.41, 5.74) is -1.14. The normalized spacial score (nSPS) is 19.2. The zero-order chi connectivity index (χ0) is 14.7. The van der Waals surface area contributed by atoms with Gasteiger partial charge in [0.05, 0.1) is 5.60 Å². The van der Waals surface area contributed by atoms with Gasteiger partial charge in [0, 0.05) is 32.7 Å². The first-order valence-corrected chi connectivity index (χ1v) is 6.99. The van der Waals surface area contributed by atoms with E-state index in [0.29, 0.717) is 13.1 Å². The molecule has 1 heterocycles. The van der Waals surface area contributed by atoms with Crippen LogP contribution in [0.1, 0.15) is 41.0 Å². The van der Waals surface area contributed by atoms with E-state index in [2.05, 4.69) is 4.90 Å². The SMILES string of the molecule is CC(C)(O)CN1CCCN(C(=O)OC(C)(C)C)CC1. The van der Waals surface area contributed by atoms with Gasteiger partial charge in [-0.25, -0.2) is 4.79 Å². The standard InChI is InChI=1S/C14H28N2O3/c1-13(2,3)19-12(17)16-8-6-7-15(9-10-16)11-14(4,5)18/h18H,6-11H2,1-5H3. The fourth-order valence-corrected chi connectivity index (χ4v) is 2.19. The van der Waals surface area contributed by atoms with Crippen molar-refractivity contribution in [2.24, 2.45) is 0 Å². The summed E-state index contributed by atoms with van der Waals surface area (Å²) in [5, 5.41) is 9.84. The van der Waals surface area contributed by atoms with Crippen LogP contribution in [0.5, 0.6) is 0 Å². The van der Waals surface area contributed by atoms with Gasteiger partial charge in [0.1, 0.15) is 5.60 Å². The van der Waals surface area contributed by atoms with Crippen LogP contribution in [-0.2, 0) is 4.74 Å². The quantitative estimate of drug-likeness (QED) is 0.831. The Morgan fingerprint density at radius 3 is 2.26 bits per heavy atom. The topological polar surface area (TPSA) is 53.0 Å². The second kappa shape index (κ2) is 6.09. The molecule has 19 heavy (non-hydrogen) atoms. The molecule has 5 heteroatoms. The number of ether oxygens (including phenoxy) is 1. The molecule has 0 aromatic rings. The Kier molecular flexibility index (Phi) is 5.21. The van der Waals surface area contributed by atoms with Crippen LogP contribution in [0.2, 0.25) is 0 Å². The number of rotatable bonds is 2. The van der Waals surface area contributed by atoms with Crippen molar-refractivity contribution in [1.82, 2.24) is 9.80 Å². The minimum Gasteiger partial charge on any atom is -0.444 e. The Labute approximate surface area is 116 Å². The Balaban J connectivity index is 2.48. The van der Waals surface area contributed by atoms with Crippen molar-refractivity contribution in [2.45, 2.75) is 52.2 Å². The highest BCUT2D eigenvalue weighted by Crippen LogP contribution is 2.13. The summed E-state index contributed by atoms with van der Waals surface area (Å²) < 4.78 is 5.39. The molecule has 0 aromatic heterocycles. The average molecular weight is 272 g/mol. The average Bonchev–Trinajstić information content (AvgIpc) is 2.38. The van der Waals surface area contributed by atoms with E-state index in [1.54, 1.807) is 4.90 Å². The van der Waals surface area contributed by atoms with Gasteiger partial charge in [0.15, 0.2) is 0 Å². The molecule has 1 aliphatic rings. The summed E-state index contributed by atoms with van der Waals surface area (Å²) in [6, 6.07) is 0. The van der Waals surface area contributed by atoms with E-state index in [-0.39, 0.29) is 6.09 Å². The first-order chi connectivity index (χ1) is 8.57. The highest BCUT2D eigenvalue weighted by molar-refractivity contribution is 5.68. The molecular formula is C14H28N2O3. The number of hydrogen-bond donors (Lipinski definition) is 1. The summed E-state index contributed by atoms with van der Waals surface area (Å²) in [6.45, 7) is 13.0. The minimum absolute atomic E-state index is 0.238. The fourth-order valence-electron chi connectivity index (χ4n) is 2.19. The summed E-state index contributed by atoms with van der Waals surface area (Å²) in [7, 11) is 0. The number of hydrogen-bond acceptors (Lipinski definition) is 4. The molecule has 0 radical (unpaired) electrons. The molecule has 0 aliphatic carbocycles. The molecule has 0 spiro atoms. The van der Waals surface area contributed by atoms with E-state index < -0.39 is 11.2 Å². The van der Waals surface area contributed by atoms with Crippen molar-refractivity contribution in [3.05, 3.63) is 0 Å². The van der Waals surface area contributed by atoms with Crippen LogP contribution in [0.4, 0.5) is 4.79 Å². The number of β-amino-alcohol motifs (C(OH)–C–C–N with tert-alkyl or cyclic N) is 1. The monoisotopic (exact) mass is 272 g/mol. The Bertz CT molecular complexity index is 305. The lowest BCUT2D eigenvalue weighted by atomic mass is 10.1. The first-order valence-electron chi connectivity index (χ1n) is 6.99. The first kappa shape index (κ1) is 16.2. The molecule has 5 nitrogen and oxygen atoms in total. The summed E-state index contributed by atoms with van der Waals surface area (Å²) in [6.07, 6.45) is 0.674. The molecule has 0 aromatic carbocycles. The van der Waals surface area contributed by atoms with Gasteiger partial charge in [-0.3, -0.25) is 4.90 Å². The maximum absolute atomic E-state index is 12.0. The van der Waals surface area contributed by atoms with E-state index in [1.165, 1.54) is 0 Å². The van der Waals surface area contributed by atoms with Gasteiger partial charge in [-0.2, -0.15) is 0 Å². The van der Waals surface area contributed by atoms with Gasteiger partial charge in [0.2, 0.25) is 0 Å². The van der Waals surface area contributed by atoms with Gasteiger partial charge in [0.25, 0.3) is 0 Å². The molecule has 0 unspecified atom stereocenters. The van der Waals surface area contributed by atoms with Gasteiger partial charge in [-0.1, -0.05) is 0 Å². The van der Waals surface area contributed by atoms with Gasteiger partial charge in [-0.05, 0) is 41.0 Å². The number of carbonyl (C=O) groups is 1. The molecule has 0 saturated carbocycles. The Hall–Kier alpha value is -0.810. The lowest BCUT2D eigenvalue weighted by molar-refractivity contribution is 0.0237. The zero-order valence-corrected chi connectivity index (χ0v) is 12.9. The Morgan fingerprint density at radius 2 is 1.74 bits per heavy atom. The van der Waals surface area contributed by atoms with Gasteiger partial charge < -0.3 is 14.7 Å². The maximum atomic E-state index is 12.0. The summed E-state index contributed by atoms with van der Waals surface area (Å²) >= 11 is 0. The van der Waals surface area contributed by atoms with Crippen molar-refractivity contribution in [3.63, 3.8) is 0 Å². The molecule has 1 amide bonds. The Morgan fingerprint density at radius 1 is 1.11 bits per heavy atom. The third kappa shape index (κ3) is 6.78. The number of nitrogens with zero attached hydrogens (tertiary/aromatic N) is 2. The largest absolute Gasteiger partial charge is 0.444 e. The van der Waals surface area contributed by atoms with Crippen LogP contribution in [0.15, 0.2) is 0 Å². The van der Waals surface area contributed by atoms with E-state index >= 15 is 0 Å². The van der Waals surface area contributed by atoms with Crippen molar-refractivity contribution in [1.29, 1.82) is 0 Å². The van der Waals surface area contributed by atoms with Gasteiger partial charge in [-0.15, -0.1) is 0 Å². The van der Waals surface area contributed by atoms with Crippen molar-refractivity contribution in [3.8, 4) is 0 Å². The molecule has 0 atom stereocenters. The van der Waals surface area contributed by atoms with E-state index in [9.17, 15) is 9.90 Å². The highest BCUT2D eigenvalue weighted by Gasteiger charge is 2.26. The van der Waals surface area contributed by atoms with Crippen LogP contribution in [0.25, 0.3) is 0 Å². The predicted octanol–water partition coefficient (Wildman–Crippen LogP) is 1.70. The van der Waals surface area contributed by atoms with Crippen molar-refractivity contribution < 1.29 is 14.6 Å². The third-order valence-corrected chi connectivity index (χ3v) is 2.85. The summed E-state index contributed by atoms with van der Waals surface area (Å²) in [5.74, 6) is 0. The fraction of sp³-hybridized carbons (Fsp3) is 0.929. The molecule has 1 rings (SSSR count). The lowest BCUT2D eigenvalue weighted by Crippen LogP contribution is -2.42. The van der Waals surface area contributed by atoms with E-state index in [4.69, 9.17) is 4.74 Å². The van der Waals surface area contributed by atoms with Gasteiger partial charge >= 0.3 is 6.09 Å². The van der Waals surface area contributed by atoms with Crippen LogP contribution >= 0.6 is 0 Å². The highest BCUT2D eigenvalue weighted by atomic mass is 16.6. The molecule has 1 fully saturated rings. The summed E-state index contributed by atoms with van der Waals surface area (Å²) in [4.78, 5) is 16.0. The molecule has 1 N–H and O–H groups in total. The molecule has 0 bridgehead atoms. The van der Waals surface area contributed by atoms with E-state index in [0.717, 1.165) is 26.1 Å². The second-order valence-electron chi connectivity index (χ2n) is 6.91. The van der Waals surface area contributed by atoms with Crippen LogP contribution < -0.4 is 0 Å². The molecule has 1 saturated heterocycles. The van der Waals surface area contributed by atoms with Crippen LogP contribution in [0.3, 0.4) is 0 Å². The lowest BCUT2D eigenvalue weighted by Gasteiger charge is -2.28. The van der Waals surface area contributed by atoms with Crippen LogP contribution in [0, 0.1) is 0 Å².